The Labute approximate surface area is 140 Å². The molecule has 0 aliphatic carbocycles. The van der Waals surface area contributed by atoms with Crippen molar-refractivity contribution in [2.45, 2.75) is 30.1 Å². The molecular weight excluding hydrogens is 314 g/mol. The van der Waals surface area contributed by atoms with Gasteiger partial charge in [-0.2, -0.15) is 0 Å². The van der Waals surface area contributed by atoms with E-state index in [-0.39, 0.29) is 10.7 Å². The second-order valence-corrected chi connectivity index (χ2v) is 8.37. The van der Waals surface area contributed by atoms with Gasteiger partial charge in [0.2, 0.25) is 0 Å². The Morgan fingerprint density at radius 2 is 2.22 bits per heavy atom. The van der Waals surface area contributed by atoms with E-state index in [9.17, 15) is 4.79 Å². The molecule has 0 unspecified atom stereocenters. The van der Waals surface area contributed by atoms with Crippen LogP contribution in [0.5, 0.6) is 0 Å². The zero-order chi connectivity index (χ0) is 15.7. The molecule has 0 radical (unpaired) electrons. The fourth-order valence-corrected chi connectivity index (χ4v) is 5.23. The normalized spacial score (nSPS) is 27.3. The topological polar surface area (TPSA) is 51.9 Å². The van der Waals surface area contributed by atoms with Gasteiger partial charge in [-0.05, 0) is 31.2 Å². The highest BCUT2D eigenvalue weighted by Crippen LogP contribution is 2.46. The monoisotopic (exact) mass is 337 g/mol. The average Bonchev–Trinajstić information content (AvgIpc) is 3.22. The van der Waals surface area contributed by atoms with Crippen LogP contribution in [-0.4, -0.2) is 60.3 Å². The van der Waals surface area contributed by atoms with Crippen LogP contribution in [0.15, 0.2) is 23.0 Å². The highest BCUT2D eigenvalue weighted by Gasteiger charge is 2.51. The molecule has 3 aliphatic heterocycles. The molecule has 3 fully saturated rings. The molecule has 126 valence electrons. The van der Waals surface area contributed by atoms with Crippen molar-refractivity contribution >= 4 is 17.7 Å². The first kappa shape index (κ1) is 15.5. The summed E-state index contributed by atoms with van der Waals surface area (Å²) in [4.78, 5) is 14.2. The van der Waals surface area contributed by atoms with E-state index < -0.39 is 0 Å². The van der Waals surface area contributed by atoms with Gasteiger partial charge >= 0.3 is 0 Å². The van der Waals surface area contributed by atoms with E-state index in [1.54, 1.807) is 12.3 Å². The number of amides is 1. The minimum atomic E-state index is 0.0801. The third-order valence-electron chi connectivity index (χ3n) is 5.10. The lowest BCUT2D eigenvalue weighted by atomic mass is 9.92. The molecule has 1 atom stereocenters. The number of furan rings is 1. The molecule has 1 spiro atoms. The summed E-state index contributed by atoms with van der Waals surface area (Å²) in [6.07, 6.45) is 6.72. The first-order chi connectivity index (χ1) is 11.2. The van der Waals surface area contributed by atoms with Gasteiger partial charge in [-0.15, -0.1) is 11.8 Å². The van der Waals surface area contributed by atoms with E-state index in [0.29, 0.717) is 17.6 Å². The summed E-state index contributed by atoms with van der Waals surface area (Å²) in [5.41, 5.74) is 0.648. The lowest BCUT2D eigenvalue weighted by Crippen LogP contribution is -2.60. The molecule has 0 saturated carbocycles. The van der Waals surface area contributed by atoms with Crippen LogP contribution in [0, 0.1) is 5.92 Å². The molecule has 3 aliphatic rings. The van der Waals surface area contributed by atoms with Gasteiger partial charge in [0, 0.05) is 38.7 Å². The molecule has 1 aromatic heterocycles. The van der Waals surface area contributed by atoms with Crippen molar-refractivity contribution in [1.82, 2.24) is 4.90 Å². The van der Waals surface area contributed by atoms with Gasteiger partial charge in [-0.25, -0.2) is 0 Å². The number of hydrogen-bond acceptors (Lipinski definition) is 5. The predicted octanol–water partition coefficient (Wildman–Crippen LogP) is 2.42. The van der Waals surface area contributed by atoms with E-state index in [4.69, 9.17) is 13.9 Å². The Morgan fingerprint density at radius 1 is 1.39 bits per heavy atom. The highest BCUT2D eigenvalue weighted by atomic mass is 32.2. The van der Waals surface area contributed by atoms with Crippen LogP contribution in [0.25, 0.3) is 0 Å². The summed E-state index contributed by atoms with van der Waals surface area (Å²) in [7, 11) is 0. The predicted molar refractivity (Wildman–Crippen MR) is 87.7 cm³/mol. The largest absolute Gasteiger partial charge is 0.472 e. The van der Waals surface area contributed by atoms with Crippen molar-refractivity contribution in [3.8, 4) is 0 Å². The number of nitrogens with zero attached hydrogens (tertiary/aromatic N) is 1. The van der Waals surface area contributed by atoms with Crippen molar-refractivity contribution < 1.29 is 18.7 Å². The van der Waals surface area contributed by atoms with Crippen molar-refractivity contribution in [2.75, 3.05) is 38.7 Å². The molecule has 23 heavy (non-hydrogen) atoms. The third-order valence-corrected chi connectivity index (χ3v) is 6.67. The molecule has 3 saturated heterocycles. The third kappa shape index (κ3) is 3.30. The minimum Gasteiger partial charge on any atom is -0.472 e. The average molecular weight is 337 g/mol. The Bertz CT molecular complexity index is 535. The van der Waals surface area contributed by atoms with Gasteiger partial charge in [0.25, 0.3) is 5.91 Å². The highest BCUT2D eigenvalue weighted by molar-refractivity contribution is 8.01. The molecule has 1 aromatic rings. The zero-order valence-corrected chi connectivity index (χ0v) is 14.1. The summed E-state index contributed by atoms with van der Waals surface area (Å²) in [5.74, 6) is 1.79. The number of likely N-dealkylation sites (tertiary alicyclic amines) is 1. The molecule has 0 aromatic carbocycles. The first-order valence-electron chi connectivity index (χ1n) is 8.39. The summed E-state index contributed by atoms with van der Waals surface area (Å²) in [5, 5.41) is 0. The molecule has 0 N–H and O–H groups in total. The molecule has 4 heterocycles. The van der Waals surface area contributed by atoms with E-state index in [2.05, 4.69) is 0 Å². The van der Waals surface area contributed by atoms with Crippen LogP contribution in [0.3, 0.4) is 0 Å². The van der Waals surface area contributed by atoms with Gasteiger partial charge in [0.15, 0.2) is 0 Å². The van der Waals surface area contributed by atoms with Crippen molar-refractivity contribution in [3.63, 3.8) is 0 Å². The minimum absolute atomic E-state index is 0.0801. The van der Waals surface area contributed by atoms with Gasteiger partial charge in [-0.3, -0.25) is 4.79 Å². The number of ether oxygens (including phenoxy) is 2. The summed E-state index contributed by atoms with van der Waals surface area (Å²) >= 11 is 1.98. The van der Waals surface area contributed by atoms with Crippen molar-refractivity contribution in [2.24, 2.45) is 5.92 Å². The first-order valence-corrected chi connectivity index (χ1v) is 9.37. The quantitative estimate of drug-likeness (QED) is 0.844. The van der Waals surface area contributed by atoms with E-state index in [0.717, 1.165) is 57.9 Å². The number of hydrogen-bond donors (Lipinski definition) is 0. The van der Waals surface area contributed by atoms with Crippen LogP contribution in [0.4, 0.5) is 0 Å². The van der Waals surface area contributed by atoms with Crippen molar-refractivity contribution in [3.05, 3.63) is 24.2 Å². The maximum atomic E-state index is 12.3. The van der Waals surface area contributed by atoms with Gasteiger partial charge in [0.1, 0.15) is 6.26 Å². The number of thioether (sulfide) groups is 1. The molecule has 6 heteroatoms. The Morgan fingerprint density at radius 3 is 2.96 bits per heavy atom. The fourth-order valence-electron chi connectivity index (χ4n) is 3.68. The SMILES string of the molecule is O=C(c1ccoc1)N1CC2(C[C@H](OCC3CCOCC3)CS2)C1. The zero-order valence-electron chi connectivity index (χ0n) is 13.2. The molecule has 0 bridgehead atoms. The van der Waals surface area contributed by atoms with Gasteiger partial charge in [0.05, 0.1) is 22.7 Å². The Kier molecular flexibility index (Phi) is 4.39. The maximum Gasteiger partial charge on any atom is 0.257 e. The van der Waals surface area contributed by atoms with Crippen LogP contribution in [-0.2, 0) is 9.47 Å². The fraction of sp³-hybridized carbons (Fsp3) is 0.706. The lowest BCUT2D eigenvalue weighted by molar-refractivity contribution is -0.0118. The van der Waals surface area contributed by atoms with Crippen LogP contribution in [0.1, 0.15) is 29.6 Å². The molecular formula is C17H23NO4S. The molecule has 5 nitrogen and oxygen atoms in total. The Hall–Kier alpha value is -0.980. The van der Waals surface area contributed by atoms with E-state index in [1.165, 1.54) is 6.26 Å². The van der Waals surface area contributed by atoms with E-state index >= 15 is 0 Å². The number of carbonyl (C=O) groups excluding carboxylic acids is 1. The second kappa shape index (κ2) is 6.49. The standard InChI is InChI=1S/C17H23NO4S/c19-16(14-3-6-21-9-14)18-11-17(12-18)7-15(10-23-17)22-8-13-1-4-20-5-2-13/h3,6,9,13,15H,1-2,4-5,7-8,10-12H2/t15-/m0/s1. The molecule has 1 amide bonds. The van der Waals surface area contributed by atoms with Gasteiger partial charge < -0.3 is 18.8 Å². The smallest absolute Gasteiger partial charge is 0.257 e. The van der Waals surface area contributed by atoms with Crippen molar-refractivity contribution in [1.29, 1.82) is 0 Å². The van der Waals surface area contributed by atoms with E-state index in [1.807, 2.05) is 16.7 Å². The number of carbonyl (C=O) groups is 1. The number of rotatable bonds is 4. The Balaban J connectivity index is 1.23. The summed E-state index contributed by atoms with van der Waals surface area (Å²) in [6.45, 7) is 4.28. The van der Waals surface area contributed by atoms with Crippen LogP contribution < -0.4 is 0 Å². The molecule has 4 rings (SSSR count). The second-order valence-electron chi connectivity index (χ2n) is 6.88. The summed E-state index contributed by atoms with van der Waals surface area (Å²) in [6, 6.07) is 1.73. The van der Waals surface area contributed by atoms with Gasteiger partial charge in [-0.1, -0.05) is 0 Å². The lowest BCUT2D eigenvalue weighted by Gasteiger charge is -2.47. The summed E-state index contributed by atoms with van der Waals surface area (Å²) < 4.78 is 16.8. The van der Waals surface area contributed by atoms with Crippen LogP contribution >= 0.6 is 11.8 Å². The maximum absolute atomic E-state index is 12.3. The van der Waals surface area contributed by atoms with Crippen LogP contribution in [0.2, 0.25) is 0 Å².